The molecular weight excluding hydrogens is 309 g/mol. The predicted octanol–water partition coefficient (Wildman–Crippen LogP) is 1.63. The standard InChI is InChI=1S/C18H22FN3O2/c1-21-8-9-22(11-18(21)6-7-18)15-4-2-12(10-14(15)19)13-3-5-16(23)20-17(13)24/h2,4,10,13H,3,5-9,11H2,1H3,(H,20,23,24). The van der Waals surface area contributed by atoms with E-state index in [-0.39, 0.29) is 23.2 Å². The summed E-state index contributed by atoms with van der Waals surface area (Å²) in [6.45, 7) is 2.61. The fourth-order valence-corrected chi connectivity index (χ4v) is 3.96. The van der Waals surface area contributed by atoms with E-state index in [2.05, 4.69) is 22.2 Å². The number of halogens is 1. The molecule has 1 atom stereocenters. The van der Waals surface area contributed by atoms with E-state index in [1.807, 2.05) is 6.07 Å². The van der Waals surface area contributed by atoms with Crippen LogP contribution in [0.15, 0.2) is 18.2 Å². The van der Waals surface area contributed by atoms with Crippen LogP contribution in [0, 0.1) is 5.82 Å². The molecule has 1 unspecified atom stereocenters. The summed E-state index contributed by atoms with van der Waals surface area (Å²) in [5, 5.41) is 2.33. The first-order valence-electron chi connectivity index (χ1n) is 8.58. The maximum atomic E-state index is 14.7. The third-order valence-electron chi connectivity index (χ3n) is 5.78. The molecule has 1 aromatic carbocycles. The summed E-state index contributed by atoms with van der Waals surface area (Å²) >= 11 is 0. The number of likely N-dealkylation sites (N-methyl/N-ethyl adjacent to an activating group) is 1. The van der Waals surface area contributed by atoms with Gasteiger partial charge in [0.2, 0.25) is 11.8 Å². The van der Waals surface area contributed by atoms with Crippen molar-refractivity contribution in [1.29, 1.82) is 0 Å². The number of piperidine rings is 1. The number of hydrogen-bond donors (Lipinski definition) is 1. The fourth-order valence-electron chi connectivity index (χ4n) is 3.96. The Bertz CT molecular complexity index is 702. The summed E-state index contributed by atoms with van der Waals surface area (Å²) in [5.41, 5.74) is 1.49. The molecule has 128 valence electrons. The van der Waals surface area contributed by atoms with E-state index in [9.17, 15) is 14.0 Å². The van der Waals surface area contributed by atoms with Crippen molar-refractivity contribution in [2.24, 2.45) is 0 Å². The molecule has 1 N–H and O–H groups in total. The first-order valence-corrected chi connectivity index (χ1v) is 8.58. The van der Waals surface area contributed by atoms with Gasteiger partial charge in [-0.2, -0.15) is 0 Å². The van der Waals surface area contributed by atoms with Gasteiger partial charge in [-0.3, -0.25) is 19.8 Å². The van der Waals surface area contributed by atoms with Gasteiger partial charge in [-0.15, -0.1) is 0 Å². The Morgan fingerprint density at radius 2 is 2.04 bits per heavy atom. The summed E-state index contributed by atoms with van der Waals surface area (Å²) in [4.78, 5) is 27.7. The van der Waals surface area contributed by atoms with Gasteiger partial charge in [0.25, 0.3) is 0 Å². The molecule has 1 aliphatic carbocycles. The van der Waals surface area contributed by atoms with Crippen molar-refractivity contribution in [2.75, 3.05) is 31.6 Å². The molecule has 24 heavy (non-hydrogen) atoms. The highest BCUT2D eigenvalue weighted by Crippen LogP contribution is 2.44. The minimum Gasteiger partial charge on any atom is -0.366 e. The number of imide groups is 1. The average Bonchev–Trinajstić information content (AvgIpc) is 3.31. The largest absolute Gasteiger partial charge is 0.366 e. The minimum atomic E-state index is -0.437. The minimum absolute atomic E-state index is 0.229. The Morgan fingerprint density at radius 1 is 1.25 bits per heavy atom. The van der Waals surface area contributed by atoms with Gasteiger partial charge in [0.05, 0.1) is 11.6 Å². The predicted molar refractivity (Wildman–Crippen MR) is 88.3 cm³/mol. The summed E-state index contributed by atoms with van der Waals surface area (Å²) in [7, 11) is 2.15. The molecule has 2 heterocycles. The van der Waals surface area contributed by atoms with Crippen molar-refractivity contribution >= 4 is 17.5 Å². The lowest BCUT2D eigenvalue weighted by Gasteiger charge is -2.41. The van der Waals surface area contributed by atoms with Crippen LogP contribution in [0.5, 0.6) is 0 Å². The number of carbonyl (C=O) groups is 2. The Kier molecular flexibility index (Phi) is 3.60. The van der Waals surface area contributed by atoms with Gasteiger partial charge in [0, 0.05) is 31.6 Å². The number of anilines is 1. The average molecular weight is 331 g/mol. The molecule has 1 saturated carbocycles. The number of hydrogen-bond acceptors (Lipinski definition) is 4. The molecule has 5 nitrogen and oxygen atoms in total. The molecule has 1 aromatic rings. The van der Waals surface area contributed by atoms with Gasteiger partial charge >= 0.3 is 0 Å². The Morgan fingerprint density at radius 3 is 2.71 bits per heavy atom. The first-order chi connectivity index (χ1) is 11.5. The van der Waals surface area contributed by atoms with Gasteiger partial charge in [0.15, 0.2) is 0 Å². The topological polar surface area (TPSA) is 52.6 Å². The van der Waals surface area contributed by atoms with Crippen LogP contribution in [0.3, 0.4) is 0 Å². The lowest BCUT2D eigenvalue weighted by atomic mass is 9.90. The first kappa shape index (κ1) is 15.6. The number of amides is 2. The summed E-state index contributed by atoms with van der Waals surface area (Å²) in [6.07, 6.45) is 3.10. The molecule has 4 rings (SSSR count). The van der Waals surface area contributed by atoms with Crippen molar-refractivity contribution in [3.63, 3.8) is 0 Å². The van der Waals surface area contributed by atoms with Crippen LogP contribution >= 0.6 is 0 Å². The zero-order valence-electron chi connectivity index (χ0n) is 13.8. The van der Waals surface area contributed by atoms with Gasteiger partial charge < -0.3 is 4.90 Å². The number of piperazine rings is 1. The highest BCUT2D eigenvalue weighted by Gasteiger charge is 2.49. The van der Waals surface area contributed by atoms with Crippen molar-refractivity contribution in [3.8, 4) is 0 Å². The van der Waals surface area contributed by atoms with E-state index in [1.165, 1.54) is 18.9 Å². The van der Waals surface area contributed by atoms with E-state index < -0.39 is 5.92 Å². The lowest BCUT2D eigenvalue weighted by molar-refractivity contribution is -0.134. The molecule has 1 spiro atoms. The van der Waals surface area contributed by atoms with Crippen molar-refractivity contribution in [2.45, 2.75) is 37.1 Å². The maximum absolute atomic E-state index is 14.7. The maximum Gasteiger partial charge on any atom is 0.234 e. The third-order valence-corrected chi connectivity index (χ3v) is 5.78. The van der Waals surface area contributed by atoms with Gasteiger partial charge in [-0.25, -0.2) is 4.39 Å². The van der Waals surface area contributed by atoms with E-state index in [0.29, 0.717) is 24.1 Å². The smallest absolute Gasteiger partial charge is 0.234 e. The molecule has 0 radical (unpaired) electrons. The van der Waals surface area contributed by atoms with E-state index in [1.54, 1.807) is 6.07 Å². The normalized spacial score (nSPS) is 26.6. The molecule has 0 bridgehead atoms. The summed E-state index contributed by atoms with van der Waals surface area (Å²) in [6, 6.07) is 5.08. The molecule has 2 amide bonds. The van der Waals surface area contributed by atoms with Crippen LogP contribution in [0.25, 0.3) is 0 Å². The zero-order chi connectivity index (χ0) is 16.9. The van der Waals surface area contributed by atoms with E-state index in [0.717, 1.165) is 19.6 Å². The summed E-state index contributed by atoms with van der Waals surface area (Å²) in [5.74, 6) is -1.29. The van der Waals surface area contributed by atoms with Gasteiger partial charge in [-0.05, 0) is 44.0 Å². The lowest BCUT2D eigenvalue weighted by Crippen LogP contribution is -2.53. The Hall–Kier alpha value is -1.95. The second kappa shape index (κ2) is 5.55. The van der Waals surface area contributed by atoms with Crippen LogP contribution in [0.1, 0.15) is 37.2 Å². The van der Waals surface area contributed by atoms with Crippen molar-refractivity contribution in [3.05, 3.63) is 29.6 Å². The van der Waals surface area contributed by atoms with Crippen molar-refractivity contribution in [1.82, 2.24) is 10.2 Å². The monoisotopic (exact) mass is 331 g/mol. The fraction of sp³-hybridized carbons (Fsp3) is 0.556. The number of nitrogens with zero attached hydrogens (tertiary/aromatic N) is 2. The van der Waals surface area contributed by atoms with Crippen LogP contribution in [-0.4, -0.2) is 48.9 Å². The molecule has 0 aromatic heterocycles. The number of nitrogens with one attached hydrogen (secondary N) is 1. The van der Waals surface area contributed by atoms with Crippen LogP contribution in [0.2, 0.25) is 0 Å². The molecular formula is C18H22FN3O2. The quantitative estimate of drug-likeness (QED) is 0.837. The van der Waals surface area contributed by atoms with E-state index in [4.69, 9.17) is 0 Å². The molecule has 3 fully saturated rings. The van der Waals surface area contributed by atoms with Crippen molar-refractivity contribution < 1.29 is 14.0 Å². The third kappa shape index (κ3) is 2.59. The van der Waals surface area contributed by atoms with Crippen LogP contribution in [-0.2, 0) is 9.59 Å². The SMILES string of the molecule is CN1CCN(c2ccc(C3CCC(=O)NC3=O)cc2F)CC12CC2. The van der Waals surface area contributed by atoms with Crippen LogP contribution in [0.4, 0.5) is 10.1 Å². The highest BCUT2D eigenvalue weighted by atomic mass is 19.1. The molecule has 6 heteroatoms. The number of rotatable bonds is 2. The molecule has 2 aliphatic heterocycles. The van der Waals surface area contributed by atoms with E-state index >= 15 is 0 Å². The summed E-state index contributed by atoms with van der Waals surface area (Å²) < 4.78 is 14.7. The Labute approximate surface area is 140 Å². The number of carbonyl (C=O) groups excluding carboxylic acids is 2. The van der Waals surface area contributed by atoms with Gasteiger partial charge in [0.1, 0.15) is 5.82 Å². The Balaban J connectivity index is 1.54. The second-order valence-corrected chi connectivity index (χ2v) is 7.28. The second-order valence-electron chi connectivity index (χ2n) is 7.28. The molecule has 3 aliphatic rings. The number of benzene rings is 1. The highest BCUT2D eigenvalue weighted by molar-refractivity contribution is 6.00. The van der Waals surface area contributed by atoms with Gasteiger partial charge in [-0.1, -0.05) is 6.07 Å². The molecule has 2 saturated heterocycles. The van der Waals surface area contributed by atoms with Crippen LogP contribution < -0.4 is 10.2 Å². The zero-order valence-corrected chi connectivity index (χ0v) is 13.8.